The van der Waals surface area contributed by atoms with E-state index in [0.717, 1.165) is 49.9 Å². The molecule has 1 fully saturated rings. The Morgan fingerprint density at radius 1 is 0.719 bits per heavy atom. The van der Waals surface area contributed by atoms with Crippen molar-refractivity contribution >= 4 is 23.4 Å². The molecule has 0 radical (unpaired) electrons. The van der Waals surface area contributed by atoms with Gasteiger partial charge in [-0.05, 0) is 55.4 Å². The van der Waals surface area contributed by atoms with Gasteiger partial charge >= 0.3 is 12.1 Å². The lowest BCUT2D eigenvalue weighted by Gasteiger charge is -2.29. The number of carbonyl (C=O) groups excluding carboxylic acids is 2. The molecule has 0 unspecified atom stereocenters. The van der Waals surface area contributed by atoms with Crippen LogP contribution < -0.4 is 21.3 Å². The van der Waals surface area contributed by atoms with Crippen LogP contribution in [-0.2, 0) is 0 Å². The Labute approximate surface area is 182 Å². The number of benzene rings is 2. The lowest BCUT2D eigenvalue weighted by Crippen LogP contribution is -2.38. The topological polar surface area (TPSA) is 82.3 Å². The van der Waals surface area contributed by atoms with Crippen molar-refractivity contribution in [3.05, 3.63) is 59.7 Å². The maximum absolute atomic E-state index is 13.2. The van der Waals surface area contributed by atoms with Gasteiger partial charge in [0.1, 0.15) is 0 Å². The van der Waals surface area contributed by atoms with Gasteiger partial charge in [-0.2, -0.15) is 0 Å². The van der Waals surface area contributed by atoms with Crippen LogP contribution in [0, 0.1) is 35.1 Å². The molecule has 4 amide bonds. The lowest BCUT2D eigenvalue weighted by atomic mass is 9.81. The molecule has 1 aliphatic rings. The first-order chi connectivity index (χ1) is 15.3. The second-order valence-electron chi connectivity index (χ2n) is 7.83. The van der Waals surface area contributed by atoms with Crippen molar-refractivity contribution < 1.29 is 27.2 Å². The monoisotopic (exact) mass is 452 g/mol. The molecule has 10 heteroatoms. The quantitative estimate of drug-likeness (QED) is 0.466. The molecule has 0 aromatic heterocycles. The van der Waals surface area contributed by atoms with Crippen LogP contribution in [0.1, 0.15) is 25.7 Å². The third kappa shape index (κ3) is 6.86. The van der Waals surface area contributed by atoms with E-state index in [0.29, 0.717) is 13.1 Å². The Kier molecular flexibility index (Phi) is 7.91. The predicted octanol–water partition coefficient (Wildman–Crippen LogP) is 4.99. The number of hydrogen-bond acceptors (Lipinski definition) is 2. The van der Waals surface area contributed by atoms with Crippen LogP contribution in [0.4, 0.5) is 38.5 Å². The summed E-state index contributed by atoms with van der Waals surface area (Å²) in [7, 11) is 0. The minimum absolute atomic E-state index is 0.152. The van der Waals surface area contributed by atoms with Crippen molar-refractivity contribution in [1.82, 2.24) is 10.6 Å². The highest BCUT2D eigenvalue weighted by molar-refractivity contribution is 5.89. The molecule has 3 rings (SSSR count). The maximum Gasteiger partial charge on any atom is 0.319 e. The largest absolute Gasteiger partial charge is 0.338 e. The molecule has 172 valence electrons. The first kappa shape index (κ1) is 23.4. The summed E-state index contributed by atoms with van der Waals surface area (Å²) in [6, 6.07) is 5.20. The number of hydrogen-bond donors (Lipinski definition) is 4. The molecule has 6 nitrogen and oxygen atoms in total. The minimum atomic E-state index is -1.04. The number of rotatable bonds is 6. The highest BCUT2D eigenvalue weighted by Crippen LogP contribution is 2.28. The van der Waals surface area contributed by atoms with E-state index in [1.807, 2.05) is 0 Å². The summed E-state index contributed by atoms with van der Waals surface area (Å²) in [4.78, 5) is 24.0. The van der Waals surface area contributed by atoms with Gasteiger partial charge in [0.15, 0.2) is 23.3 Å². The zero-order valence-corrected chi connectivity index (χ0v) is 17.2. The Hall–Kier alpha value is -3.30. The fourth-order valence-electron chi connectivity index (χ4n) is 3.75. The molecule has 2 aromatic rings. The van der Waals surface area contributed by atoms with Gasteiger partial charge in [-0.25, -0.2) is 27.2 Å². The van der Waals surface area contributed by atoms with E-state index < -0.39 is 35.3 Å². The summed E-state index contributed by atoms with van der Waals surface area (Å²) < 4.78 is 52.4. The molecule has 0 saturated heterocycles. The lowest BCUT2D eigenvalue weighted by molar-refractivity contribution is 0.230. The molecule has 4 N–H and O–H groups in total. The van der Waals surface area contributed by atoms with Gasteiger partial charge in [-0.1, -0.05) is 6.42 Å². The Morgan fingerprint density at radius 3 is 1.56 bits per heavy atom. The summed E-state index contributed by atoms with van der Waals surface area (Å²) in [6.45, 7) is 0.820. The Balaban J connectivity index is 1.38. The van der Waals surface area contributed by atoms with Gasteiger partial charge in [0.2, 0.25) is 0 Å². The Morgan fingerprint density at radius 2 is 1.16 bits per heavy atom. The van der Waals surface area contributed by atoms with Crippen molar-refractivity contribution in [2.24, 2.45) is 11.8 Å². The van der Waals surface area contributed by atoms with Crippen LogP contribution in [0.15, 0.2) is 36.4 Å². The summed E-state index contributed by atoms with van der Waals surface area (Å²) >= 11 is 0. The van der Waals surface area contributed by atoms with Crippen molar-refractivity contribution in [3.8, 4) is 0 Å². The molecule has 1 saturated carbocycles. The molecule has 2 atom stereocenters. The average molecular weight is 452 g/mol. The van der Waals surface area contributed by atoms with E-state index >= 15 is 0 Å². The summed E-state index contributed by atoms with van der Waals surface area (Å²) in [6.07, 6.45) is 3.57. The second kappa shape index (κ2) is 10.8. The van der Waals surface area contributed by atoms with Crippen molar-refractivity contribution in [1.29, 1.82) is 0 Å². The van der Waals surface area contributed by atoms with Crippen LogP contribution in [0.3, 0.4) is 0 Å². The maximum atomic E-state index is 13.2. The minimum Gasteiger partial charge on any atom is -0.338 e. The fraction of sp³-hybridized carbons (Fsp3) is 0.364. The number of halogens is 4. The van der Waals surface area contributed by atoms with E-state index in [4.69, 9.17) is 0 Å². The third-order valence-electron chi connectivity index (χ3n) is 5.35. The first-order valence-electron chi connectivity index (χ1n) is 10.3. The summed E-state index contributed by atoms with van der Waals surface area (Å²) in [5.74, 6) is -3.65. The molecule has 32 heavy (non-hydrogen) atoms. The van der Waals surface area contributed by atoms with Crippen molar-refractivity contribution in [3.63, 3.8) is 0 Å². The SMILES string of the molecule is O=C(NC[C@H]1CCC[C@H](CNC(=O)Nc2ccc(F)c(F)c2)C1)Nc1ccc(F)c(F)c1. The normalized spacial score (nSPS) is 18.0. The van der Waals surface area contributed by atoms with Gasteiger partial charge in [0.25, 0.3) is 0 Å². The third-order valence-corrected chi connectivity index (χ3v) is 5.35. The fourth-order valence-corrected chi connectivity index (χ4v) is 3.75. The average Bonchev–Trinajstić information content (AvgIpc) is 2.76. The molecule has 0 spiro atoms. The molecule has 0 heterocycles. The molecule has 2 aromatic carbocycles. The van der Waals surface area contributed by atoms with Crippen LogP contribution >= 0.6 is 0 Å². The van der Waals surface area contributed by atoms with Crippen molar-refractivity contribution in [2.75, 3.05) is 23.7 Å². The zero-order chi connectivity index (χ0) is 23.1. The van der Waals surface area contributed by atoms with Gasteiger partial charge in [0.05, 0.1) is 0 Å². The van der Waals surface area contributed by atoms with Gasteiger partial charge in [-0.15, -0.1) is 0 Å². The molecular formula is C22H24F4N4O2. The van der Waals surface area contributed by atoms with E-state index in [2.05, 4.69) is 21.3 Å². The highest BCUT2D eigenvalue weighted by atomic mass is 19.2. The first-order valence-corrected chi connectivity index (χ1v) is 10.3. The molecule has 0 aliphatic heterocycles. The zero-order valence-electron chi connectivity index (χ0n) is 17.2. The predicted molar refractivity (Wildman–Crippen MR) is 112 cm³/mol. The van der Waals surface area contributed by atoms with Crippen LogP contribution in [0.5, 0.6) is 0 Å². The second-order valence-corrected chi connectivity index (χ2v) is 7.83. The van der Waals surface area contributed by atoms with Gasteiger partial charge < -0.3 is 21.3 Å². The Bertz CT molecular complexity index is 897. The highest BCUT2D eigenvalue weighted by Gasteiger charge is 2.23. The van der Waals surface area contributed by atoms with E-state index in [1.165, 1.54) is 12.1 Å². The number of nitrogens with one attached hydrogen (secondary N) is 4. The van der Waals surface area contributed by atoms with E-state index in [1.54, 1.807) is 0 Å². The number of urea groups is 2. The van der Waals surface area contributed by atoms with Crippen LogP contribution in [-0.4, -0.2) is 25.2 Å². The van der Waals surface area contributed by atoms with E-state index in [9.17, 15) is 27.2 Å². The molecule has 0 bridgehead atoms. The van der Waals surface area contributed by atoms with Crippen LogP contribution in [0.2, 0.25) is 0 Å². The molecular weight excluding hydrogens is 428 g/mol. The van der Waals surface area contributed by atoms with Crippen LogP contribution in [0.25, 0.3) is 0 Å². The summed E-state index contributed by atoms with van der Waals surface area (Å²) in [5.41, 5.74) is 0.304. The van der Waals surface area contributed by atoms with E-state index in [-0.39, 0.29) is 23.2 Å². The molecule has 1 aliphatic carbocycles. The number of anilines is 2. The number of amides is 4. The van der Waals surface area contributed by atoms with Gasteiger partial charge in [-0.3, -0.25) is 0 Å². The number of carbonyl (C=O) groups is 2. The smallest absolute Gasteiger partial charge is 0.319 e. The standard InChI is InChI=1S/C22H24F4N4O2/c23-17-6-4-15(9-19(17)25)29-21(31)27-11-13-2-1-3-14(8-13)12-28-22(32)30-16-5-7-18(24)20(26)10-16/h4-7,9-10,13-14H,1-3,8,11-12H2,(H2,27,29,31)(H2,28,30,32)/t13-,14-/m0/s1. The van der Waals surface area contributed by atoms with Gasteiger partial charge in [0, 0.05) is 36.6 Å². The van der Waals surface area contributed by atoms with Crippen molar-refractivity contribution in [2.45, 2.75) is 25.7 Å². The summed E-state index contributed by atoms with van der Waals surface area (Å²) in [5, 5.41) is 10.4.